The lowest BCUT2D eigenvalue weighted by atomic mass is 10.1. The van der Waals surface area contributed by atoms with E-state index in [1.807, 2.05) is 0 Å². The van der Waals surface area contributed by atoms with Crippen LogP contribution in [-0.4, -0.2) is 33.2 Å². The zero-order valence-corrected chi connectivity index (χ0v) is 14.7. The van der Waals surface area contributed by atoms with Gasteiger partial charge in [0.15, 0.2) is 0 Å². The Morgan fingerprint density at radius 2 is 2.12 bits per heavy atom. The molecule has 0 saturated heterocycles. The Hall–Kier alpha value is -2.62. The molecule has 3 rings (SSSR count). The van der Waals surface area contributed by atoms with Crippen LogP contribution < -0.4 is 10.1 Å². The molecule has 0 radical (unpaired) electrons. The lowest BCUT2D eigenvalue weighted by Crippen LogP contribution is -2.26. The SMILES string of the molecule is O=C(NCCc1cccc(OC(F)(F)F)c1)c1cn2cc(Br)cnc2n1. The molecular weight excluding hydrogens is 417 g/mol. The lowest BCUT2D eigenvalue weighted by molar-refractivity contribution is -0.274. The Morgan fingerprint density at radius 1 is 1.31 bits per heavy atom. The molecule has 0 aliphatic heterocycles. The van der Waals surface area contributed by atoms with Crippen LogP contribution in [0.3, 0.4) is 0 Å². The van der Waals surface area contributed by atoms with Crippen LogP contribution >= 0.6 is 15.9 Å². The molecule has 3 aromatic rings. The van der Waals surface area contributed by atoms with Crippen molar-refractivity contribution < 1.29 is 22.7 Å². The number of fused-ring (bicyclic) bond motifs is 1. The number of hydrogen-bond donors (Lipinski definition) is 1. The summed E-state index contributed by atoms with van der Waals surface area (Å²) in [6, 6.07) is 5.62. The highest BCUT2D eigenvalue weighted by Crippen LogP contribution is 2.23. The summed E-state index contributed by atoms with van der Waals surface area (Å²) in [6.07, 6.45) is 0.440. The number of nitrogens with one attached hydrogen (secondary N) is 1. The normalized spacial score (nSPS) is 11.5. The van der Waals surface area contributed by atoms with Gasteiger partial charge >= 0.3 is 6.36 Å². The Bertz CT molecular complexity index is 943. The van der Waals surface area contributed by atoms with Crippen LogP contribution in [0, 0.1) is 0 Å². The Balaban J connectivity index is 1.58. The van der Waals surface area contributed by atoms with Crippen LogP contribution in [0.5, 0.6) is 5.75 Å². The van der Waals surface area contributed by atoms with Gasteiger partial charge in [-0.1, -0.05) is 12.1 Å². The molecule has 6 nitrogen and oxygen atoms in total. The van der Waals surface area contributed by atoms with Crippen LogP contribution in [0.15, 0.2) is 47.3 Å². The van der Waals surface area contributed by atoms with Crippen molar-refractivity contribution in [1.29, 1.82) is 0 Å². The van der Waals surface area contributed by atoms with Gasteiger partial charge in [-0.05, 0) is 40.0 Å². The summed E-state index contributed by atoms with van der Waals surface area (Å²) in [7, 11) is 0. The van der Waals surface area contributed by atoms with Gasteiger partial charge in [0.2, 0.25) is 5.78 Å². The monoisotopic (exact) mass is 428 g/mol. The van der Waals surface area contributed by atoms with Gasteiger partial charge in [-0.25, -0.2) is 9.97 Å². The number of carbonyl (C=O) groups is 1. The molecular formula is C16H12BrF3N4O2. The van der Waals surface area contributed by atoms with Crippen molar-refractivity contribution >= 4 is 27.6 Å². The molecule has 0 unspecified atom stereocenters. The molecule has 1 aromatic carbocycles. The van der Waals surface area contributed by atoms with E-state index in [1.54, 1.807) is 29.1 Å². The highest BCUT2D eigenvalue weighted by Gasteiger charge is 2.31. The molecule has 2 aromatic heterocycles. The van der Waals surface area contributed by atoms with Crippen molar-refractivity contribution in [2.45, 2.75) is 12.8 Å². The number of aromatic nitrogens is 3. The summed E-state index contributed by atoms with van der Waals surface area (Å²) in [4.78, 5) is 20.3. The van der Waals surface area contributed by atoms with Crippen molar-refractivity contribution in [3.05, 3.63) is 58.6 Å². The molecule has 0 aliphatic rings. The Labute approximate surface area is 154 Å². The molecule has 1 amide bonds. The molecule has 0 aliphatic carbocycles. The zero-order valence-electron chi connectivity index (χ0n) is 13.1. The summed E-state index contributed by atoms with van der Waals surface area (Å²) >= 11 is 3.28. The first-order valence-corrected chi connectivity index (χ1v) is 8.22. The molecule has 0 saturated carbocycles. The minimum absolute atomic E-state index is 0.199. The number of alkyl halides is 3. The number of amides is 1. The largest absolute Gasteiger partial charge is 0.573 e. The quantitative estimate of drug-likeness (QED) is 0.676. The number of nitrogens with zero attached hydrogens (tertiary/aromatic N) is 3. The van der Waals surface area contributed by atoms with Crippen molar-refractivity contribution in [2.75, 3.05) is 6.54 Å². The molecule has 0 spiro atoms. The predicted molar refractivity (Wildman–Crippen MR) is 89.8 cm³/mol. The number of benzene rings is 1. The first kappa shape index (κ1) is 18.2. The van der Waals surface area contributed by atoms with Crippen molar-refractivity contribution in [3.8, 4) is 5.75 Å². The third-order valence-electron chi connectivity index (χ3n) is 3.34. The zero-order chi connectivity index (χ0) is 18.7. The molecule has 2 heterocycles. The van der Waals surface area contributed by atoms with E-state index < -0.39 is 12.3 Å². The second-order valence-corrected chi connectivity index (χ2v) is 6.22. The maximum Gasteiger partial charge on any atom is 0.573 e. The smallest absolute Gasteiger partial charge is 0.406 e. The third kappa shape index (κ3) is 4.72. The van der Waals surface area contributed by atoms with Crippen LogP contribution in [0.1, 0.15) is 16.1 Å². The maximum absolute atomic E-state index is 12.2. The van der Waals surface area contributed by atoms with Gasteiger partial charge in [0.1, 0.15) is 11.4 Å². The third-order valence-corrected chi connectivity index (χ3v) is 3.75. The van der Waals surface area contributed by atoms with E-state index in [0.717, 1.165) is 4.47 Å². The fourth-order valence-corrected chi connectivity index (χ4v) is 2.60. The number of hydrogen-bond acceptors (Lipinski definition) is 4. The molecule has 0 atom stereocenters. The van der Waals surface area contributed by atoms with Gasteiger partial charge in [-0.2, -0.15) is 0 Å². The molecule has 0 fully saturated rings. The van der Waals surface area contributed by atoms with Crippen molar-refractivity contribution in [3.63, 3.8) is 0 Å². The first-order valence-electron chi connectivity index (χ1n) is 7.43. The number of ether oxygens (including phenoxy) is 1. The second-order valence-electron chi connectivity index (χ2n) is 5.31. The van der Waals surface area contributed by atoms with Crippen LogP contribution in [0.4, 0.5) is 13.2 Å². The lowest BCUT2D eigenvalue weighted by Gasteiger charge is -2.10. The molecule has 10 heteroatoms. The molecule has 0 bridgehead atoms. The summed E-state index contributed by atoms with van der Waals surface area (Å²) in [6.45, 7) is 0.235. The summed E-state index contributed by atoms with van der Waals surface area (Å²) in [5.74, 6) is -0.303. The summed E-state index contributed by atoms with van der Waals surface area (Å²) < 4.78 is 42.9. The van der Waals surface area contributed by atoms with Crippen LogP contribution in [0.25, 0.3) is 5.78 Å². The fourth-order valence-electron chi connectivity index (χ4n) is 2.28. The van der Waals surface area contributed by atoms with Crippen LogP contribution in [-0.2, 0) is 6.42 Å². The minimum atomic E-state index is -4.74. The summed E-state index contributed by atoms with van der Waals surface area (Å²) in [5, 5.41) is 2.67. The van der Waals surface area contributed by atoms with E-state index in [4.69, 9.17) is 0 Å². The number of carbonyl (C=O) groups excluding carboxylic acids is 1. The van der Waals surface area contributed by atoms with E-state index in [0.29, 0.717) is 17.8 Å². The van der Waals surface area contributed by atoms with E-state index in [2.05, 4.69) is 36.0 Å². The minimum Gasteiger partial charge on any atom is -0.406 e. The first-order chi connectivity index (χ1) is 12.3. The predicted octanol–water partition coefficient (Wildman–Crippen LogP) is 3.36. The topological polar surface area (TPSA) is 68.5 Å². The second kappa shape index (κ2) is 7.32. The average Bonchev–Trinajstić information content (AvgIpc) is 2.96. The van der Waals surface area contributed by atoms with Gasteiger partial charge in [0.05, 0.1) is 4.47 Å². The highest BCUT2D eigenvalue weighted by molar-refractivity contribution is 9.10. The summed E-state index contributed by atoms with van der Waals surface area (Å²) in [5.41, 5.74) is 0.803. The Kier molecular flexibility index (Phi) is 5.12. The van der Waals surface area contributed by atoms with E-state index in [-0.39, 0.29) is 18.0 Å². The molecule has 136 valence electrons. The standard InChI is InChI=1S/C16H12BrF3N4O2/c17-11-7-22-15-23-13(9-24(15)8-11)14(25)21-5-4-10-2-1-3-12(6-10)26-16(18,19)20/h1-3,6-9H,4-5H2,(H,21,25). The fraction of sp³-hybridized carbons (Fsp3) is 0.188. The van der Waals surface area contributed by atoms with Gasteiger partial charge in [0, 0.05) is 25.1 Å². The average molecular weight is 429 g/mol. The van der Waals surface area contributed by atoms with Gasteiger partial charge in [0.25, 0.3) is 5.91 Å². The van der Waals surface area contributed by atoms with Gasteiger partial charge < -0.3 is 10.1 Å². The van der Waals surface area contributed by atoms with Gasteiger partial charge in [-0.3, -0.25) is 9.20 Å². The van der Waals surface area contributed by atoms with E-state index in [9.17, 15) is 18.0 Å². The van der Waals surface area contributed by atoms with Crippen LogP contribution in [0.2, 0.25) is 0 Å². The molecule has 26 heavy (non-hydrogen) atoms. The number of rotatable bonds is 5. The Morgan fingerprint density at radius 3 is 2.88 bits per heavy atom. The number of imidazole rings is 1. The van der Waals surface area contributed by atoms with E-state index >= 15 is 0 Å². The van der Waals surface area contributed by atoms with Gasteiger partial charge in [-0.15, -0.1) is 13.2 Å². The maximum atomic E-state index is 12.2. The highest BCUT2D eigenvalue weighted by atomic mass is 79.9. The molecule has 1 N–H and O–H groups in total. The van der Waals surface area contributed by atoms with Crippen molar-refractivity contribution in [2.24, 2.45) is 0 Å². The van der Waals surface area contributed by atoms with Crippen molar-refractivity contribution in [1.82, 2.24) is 19.7 Å². The van der Waals surface area contributed by atoms with E-state index in [1.165, 1.54) is 18.2 Å². The number of halogens is 4.